The van der Waals surface area contributed by atoms with Crippen LogP contribution < -0.4 is 16.8 Å². The van der Waals surface area contributed by atoms with Crippen molar-refractivity contribution in [2.45, 2.75) is 39.2 Å². The number of hydrogen-bond donors (Lipinski definition) is 3. The minimum Gasteiger partial charge on any atom is -0.369 e. The first kappa shape index (κ1) is 16.2. The highest BCUT2D eigenvalue weighted by Crippen LogP contribution is 2.47. The van der Waals surface area contributed by atoms with Crippen molar-refractivity contribution in [3.05, 3.63) is 0 Å². The molecule has 0 aliphatic heterocycles. The van der Waals surface area contributed by atoms with Gasteiger partial charge in [-0.05, 0) is 44.9 Å². The zero-order valence-corrected chi connectivity index (χ0v) is 12.3. The standard InChI is InChI=1S/C13H23N3O2.ClH/c1-13(2,12(15)18)6-16-11(17)9-7-3-4-8(5-7)10(9)14;/h7-10H,3-6,14H2,1-2H3,(H2,15,18)(H,16,17);1H. The van der Waals surface area contributed by atoms with Gasteiger partial charge in [-0.15, -0.1) is 12.4 Å². The first-order chi connectivity index (χ1) is 8.33. The van der Waals surface area contributed by atoms with Gasteiger partial charge in [0.1, 0.15) is 0 Å². The fourth-order valence-electron chi connectivity index (χ4n) is 3.24. The SMILES string of the molecule is CC(C)(CNC(=O)C1C2CCC(C2)C1N)C(N)=O.Cl. The van der Waals surface area contributed by atoms with Gasteiger partial charge in [0.15, 0.2) is 0 Å². The second-order valence-electron chi connectivity index (χ2n) is 6.40. The number of fused-ring (bicyclic) bond motifs is 2. The smallest absolute Gasteiger partial charge is 0.225 e. The van der Waals surface area contributed by atoms with E-state index in [1.54, 1.807) is 13.8 Å². The zero-order chi connectivity index (χ0) is 13.5. The molecule has 2 rings (SSSR count). The van der Waals surface area contributed by atoms with Crippen molar-refractivity contribution in [3.8, 4) is 0 Å². The van der Waals surface area contributed by atoms with Gasteiger partial charge in [-0.1, -0.05) is 0 Å². The number of primary amides is 1. The highest BCUT2D eigenvalue weighted by atomic mass is 35.5. The molecule has 0 aromatic carbocycles. The second kappa shape index (κ2) is 5.67. The molecule has 19 heavy (non-hydrogen) atoms. The van der Waals surface area contributed by atoms with Crippen LogP contribution in [0.1, 0.15) is 33.1 Å². The largest absolute Gasteiger partial charge is 0.369 e. The van der Waals surface area contributed by atoms with E-state index in [-0.39, 0.29) is 36.8 Å². The molecule has 0 spiro atoms. The molecule has 110 valence electrons. The van der Waals surface area contributed by atoms with E-state index >= 15 is 0 Å². The van der Waals surface area contributed by atoms with Crippen molar-refractivity contribution < 1.29 is 9.59 Å². The van der Waals surface area contributed by atoms with Crippen LogP contribution in [0.5, 0.6) is 0 Å². The van der Waals surface area contributed by atoms with Crippen LogP contribution in [0.4, 0.5) is 0 Å². The Balaban J connectivity index is 0.00000180. The number of amides is 2. The zero-order valence-electron chi connectivity index (χ0n) is 11.5. The Kier molecular flexibility index (Phi) is 4.85. The molecule has 0 aromatic heterocycles. The summed E-state index contributed by atoms with van der Waals surface area (Å²) in [6, 6.07) is -0.0135. The molecule has 2 saturated carbocycles. The molecule has 0 heterocycles. The molecule has 2 fully saturated rings. The molecular formula is C13H24ClN3O2. The third-order valence-electron chi connectivity index (χ3n) is 4.65. The molecule has 4 unspecified atom stereocenters. The minimum atomic E-state index is -0.711. The highest BCUT2D eigenvalue weighted by Gasteiger charge is 2.49. The molecule has 2 amide bonds. The van der Waals surface area contributed by atoms with E-state index in [0.717, 1.165) is 19.3 Å². The Hall–Kier alpha value is -0.810. The van der Waals surface area contributed by atoms with Gasteiger partial charge in [-0.25, -0.2) is 0 Å². The summed E-state index contributed by atoms with van der Waals surface area (Å²) >= 11 is 0. The van der Waals surface area contributed by atoms with E-state index in [2.05, 4.69) is 5.32 Å². The maximum Gasteiger partial charge on any atom is 0.225 e. The summed E-state index contributed by atoms with van der Waals surface area (Å²) in [5, 5.41) is 2.84. The summed E-state index contributed by atoms with van der Waals surface area (Å²) < 4.78 is 0. The fourth-order valence-corrected chi connectivity index (χ4v) is 3.24. The average molecular weight is 290 g/mol. The van der Waals surface area contributed by atoms with Crippen LogP contribution >= 0.6 is 12.4 Å². The minimum absolute atomic E-state index is 0. The first-order valence-electron chi connectivity index (χ1n) is 6.66. The number of rotatable bonds is 4. The first-order valence-corrected chi connectivity index (χ1v) is 6.66. The van der Waals surface area contributed by atoms with Gasteiger partial charge in [-0.3, -0.25) is 9.59 Å². The molecule has 2 aliphatic rings. The number of carbonyl (C=O) groups is 2. The normalized spacial score (nSPS) is 32.8. The Bertz CT molecular complexity index is 371. The van der Waals surface area contributed by atoms with Crippen LogP contribution in [0.25, 0.3) is 0 Å². The lowest BCUT2D eigenvalue weighted by molar-refractivity contribution is -0.129. The predicted octanol–water partition coefficient (Wildman–Crippen LogP) is 0.409. The maximum atomic E-state index is 12.2. The fraction of sp³-hybridized carbons (Fsp3) is 0.846. The molecule has 0 radical (unpaired) electrons. The highest BCUT2D eigenvalue weighted by molar-refractivity contribution is 5.85. The number of carbonyl (C=O) groups excluding carboxylic acids is 2. The lowest BCUT2D eigenvalue weighted by atomic mass is 9.84. The Labute approximate surface area is 120 Å². The third-order valence-corrected chi connectivity index (χ3v) is 4.65. The summed E-state index contributed by atoms with van der Waals surface area (Å²) in [6.45, 7) is 3.74. The van der Waals surface area contributed by atoms with E-state index in [1.165, 1.54) is 0 Å². The molecule has 2 aliphatic carbocycles. The molecule has 4 atom stereocenters. The van der Waals surface area contributed by atoms with E-state index in [9.17, 15) is 9.59 Å². The number of hydrogen-bond acceptors (Lipinski definition) is 3. The molecule has 5 nitrogen and oxygen atoms in total. The van der Waals surface area contributed by atoms with Crippen LogP contribution in [-0.2, 0) is 9.59 Å². The third kappa shape index (κ3) is 3.03. The molecule has 0 saturated heterocycles. The molecule has 5 N–H and O–H groups in total. The van der Waals surface area contributed by atoms with Crippen LogP contribution in [0, 0.1) is 23.2 Å². The van der Waals surface area contributed by atoms with Gasteiger partial charge in [-0.2, -0.15) is 0 Å². The molecule has 6 heteroatoms. The summed E-state index contributed by atoms with van der Waals surface area (Å²) in [5.74, 6) is 0.452. The van der Waals surface area contributed by atoms with Crippen LogP contribution in [0.3, 0.4) is 0 Å². The van der Waals surface area contributed by atoms with E-state index in [0.29, 0.717) is 11.8 Å². The number of nitrogens with one attached hydrogen (secondary N) is 1. The van der Waals surface area contributed by atoms with Gasteiger partial charge in [0.05, 0.1) is 11.3 Å². The maximum absolute atomic E-state index is 12.2. The van der Waals surface area contributed by atoms with Crippen LogP contribution in [0.15, 0.2) is 0 Å². The monoisotopic (exact) mass is 289 g/mol. The second-order valence-corrected chi connectivity index (χ2v) is 6.40. The Morgan fingerprint density at radius 2 is 1.84 bits per heavy atom. The van der Waals surface area contributed by atoms with Crippen molar-refractivity contribution in [3.63, 3.8) is 0 Å². The number of halogens is 1. The van der Waals surface area contributed by atoms with E-state index < -0.39 is 11.3 Å². The van der Waals surface area contributed by atoms with Crippen molar-refractivity contribution in [1.29, 1.82) is 0 Å². The van der Waals surface area contributed by atoms with Crippen molar-refractivity contribution in [2.75, 3.05) is 6.54 Å². The predicted molar refractivity (Wildman–Crippen MR) is 75.5 cm³/mol. The van der Waals surface area contributed by atoms with Crippen LogP contribution in [-0.4, -0.2) is 24.4 Å². The van der Waals surface area contributed by atoms with Gasteiger partial charge < -0.3 is 16.8 Å². The quantitative estimate of drug-likeness (QED) is 0.699. The summed E-state index contributed by atoms with van der Waals surface area (Å²) in [5.41, 5.74) is 10.7. The van der Waals surface area contributed by atoms with E-state index in [4.69, 9.17) is 11.5 Å². The van der Waals surface area contributed by atoms with Gasteiger partial charge in [0.2, 0.25) is 11.8 Å². The molecule has 2 bridgehead atoms. The lowest BCUT2D eigenvalue weighted by Crippen LogP contribution is -2.49. The van der Waals surface area contributed by atoms with Crippen molar-refractivity contribution in [2.24, 2.45) is 34.6 Å². The number of nitrogens with two attached hydrogens (primary N) is 2. The van der Waals surface area contributed by atoms with Crippen molar-refractivity contribution >= 4 is 24.2 Å². The van der Waals surface area contributed by atoms with Crippen LogP contribution in [0.2, 0.25) is 0 Å². The topological polar surface area (TPSA) is 98.2 Å². The van der Waals surface area contributed by atoms with E-state index in [1.807, 2.05) is 0 Å². The Morgan fingerprint density at radius 3 is 2.32 bits per heavy atom. The van der Waals surface area contributed by atoms with Gasteiger partial charge in [0, 0.05) is 12.6 Å². The summed E-state index contributed by atoms with van der Waals surface area (Å²) in [4.78, 5) is 23.4. The molecule has 0 aromatic rings. The molecular weight excluding hydrogens is 266 g/mol. The Morgan fingerprint density at radius 1 is 1.26 bits per heavy atom. The average Bonchev–Trinajstić information content (AvgIpc) is 2.86. The van der Waals surface area contributed by atoms with Gasteiger partial charge >= 0.3 is 0 Å². The summed E-state index contributed by atoms with van der Waals surface area (Å²) in [6.07, 6.45) is 3.34. The lowest BCUT2D eigenvalue weighted by Gasteiger charge is -2.28. The van der Waals surface area contributed by atoms with Gasteiger partial charge in [0.25, 0.3) is 0 Å². The van der Waals surface area contributed by atoms with Crippen molar-refractivity contribution in [1.82, 2.24) is 5.32 Å². The summed E-state index contributed by atoms with van der Waals surface area (Å²) in [7, 11) is 0.